The molecule has 1 unspecified atom stereocenters. The Morgan fingerprint density at radius 3 is 2.69 bits per heavy atom. The van der Waals surface area contributed by atoms with E-state index in [2.05, 4.69) is 5.32 Å². The van der Waals surface area contributed by atoms with Crippen LogP contribution in [-0.4, -0.2) is 18.7 Å². The lowest BCUT2D eigenvalue weighted by molar-refractivity contribution is 0.209. The number of ether oxygens (including phenoxy) is 1. The maximum atomic E-state index is 12.7. The zero-order valence-electron chi connectivity index (χ0n) is 9.58. The summed E-state index contributed by atoms with van der Waals surface area (Å²) in [6.45, 7) is 3.03. The lowest BCUT2D eigenvalue weighted by Crippen LogP contribution is -2.23. The molecule has 2 nitrogen and oxygen atoms in total. The quantitative estimate of drug-likeness (QED) is 0.800. The van der Waals surface area contributed by atoms with E-state index in [1.165, 1.54) is 25.0 Å². The summed E-state index contributed by atoms with van der Waals surface area (Å²) < 4.78 is 18.3. The Hall–Kier alpha value is -1.09. The summed E-state index contributed by atoms with van der Waals surface area (Å²) >= 11 is 0. The minimum Gasteiger partial charge on any atom is -0.491 e. The van der Waals surface area contributed by atoms with Crippen LogP contribution in [0.2, 0.25) is 0 Å². The van der Waals surface area contributed by atoms with E-state index >= 15 is 0 Å². The Balaban J connectivity index is 1.68. The van der Waals surface area contributed by atoms with Crippen molar-refractivity contribution in [2.75, 3.05) is 6.54 Å². The van der Waals surface area contributed by atoms with Gasteiger partial charge in [0.05, 0.1) is 6.10 Å². The maximum Gasteiger partial charge on any atom is 0.123 e. The van der Waals surface area contributed by atoms with Crippen molar-refractivity contribution in [1.82, 2.24) is 5.32 Å². The van der Waals surface area contributed by atoms with Crippen LogP contribution < -0.4 is 10.1 Å². The third-order valence-electron chi connectivity index (χ3n) is 2.71. The fraction of sp³-hybridized carbons (Fsp3) is 0.538. The van der Waals surface area contributed by atoms with Gasteiger partial charge in [0.2, 0.25) is 0 Å². The van der Waals surface area contributed by atoms with Gasteiger partial charge in [0.1, 0.15) is 11.6 Å². The van der Waals surface area contributed by atoms with E-state index in [0.717, 1.165) is 24.8 Å². The third kappa shape index (κ3) is 3.81. The van der Waals surface area contributed by atoms with E-state index in [1.807, 2.05) is 6.92 Å². The zero-order chi connectivity index (χ0) is 11.4. The molecular weight excluding hydrogens is 205 g/mol. The molecule has 0 spiro atoms. The highest BCUT2D eigenvalue weighted by molar-refractivity contribution is 5.22. The summed E-state index contributed by atoms with van der Waals surface area (Å²) in [5.74, 6) is 0.510. The molecule has 1 aliphatic carbocycles. The summed E-state index contributed by atoms with van der Waals surface area (Å²) in [6.07, 6.45) is 3.77. The van der Waals surface area contributed by atoms with Crippen LogP contribution in [0.15, 0.2) is 24.3 Å². The number of benzene rings is 1. The van der Waals surface area contributed by atoms with Crippen LogP contribution in [0.5, 0.6) is 5.75 Å². The van der Waals surface area contributed by atoms with E-state index in [4.69, 9.17) is 4.74 Å². The molecule has 1 saturated carbocycles. The van der Waals surface area contributed by atoms with Gasteiger partial charge < -0.3 is 10.1 Å². The molecule has 1 atom stereocenters. The van der Waals surface area contributed by atoms with Crippen molar-refractivity contribution >= 4 is 0 Å². The molecule has 1 aromatic carbocycles. The standard InChI is InChI=1S/C13H18FNO/c1-10(8-9-15-12-4-5-12)16-13-6-2-11(14)3-7-13/h2-3,6-7,10,12,15H,4-5,8-9H2,1H3. The van der Waals surface area contributed by atoms with Crippen molar-refractivity contribution in [2.45, 2.75) is 38.3 Å². The molecular formula is C13H18FNO. The molecule has 1 fully saturated rings. The lowest BCUT2D eigenvalue weighted by Gasteiger charge is -2.14. The SMILES string of the molecule is CC(CCNC1CC1)Oc1ccc(F)cc1. The molecule has 1 N–H and O–H groups in total. The van der Waals surface area contributed by atoms with Crippen molar-refractivity contribution in [2.24, 2.45) is 0 Å². The monoisotopic (exact) mass is 223 g/mol. The van der Waals surface area contributed by atoms with Crippen LogP contribution in [0.4, 0.5) is 4.39 Å². The van der Waals surface area contributed by atoms with Gasteiger partial charge in [0.25, 0.3) is 0 Å². The molecule has 0 amide bonds. The van der Waals surface area contributed by atoms with Crippen molar-refractivity contribution in [3.05, 3.63) is 30.1 Å². The lowest BCUT2D eigenvalue weighted by atomic mass is 10.2. The first-order valence-corrected chi connectivity index (χ1v) is 5.89. The fourth-order valence-corrected chi connectivity index (χ4v) is 1.58. The first kappa shape index (κ1) is 11.4. The molecule has 0 saturated heterocycles. The predicted octanol–water partition coefficient (Wildman–Crippen LogP) is 2.74. The molecule has 1 aromatic rings. The molecule has 16 heavy (non-hydrogen) atoms. The first-order valence-electron chi connectivity index (χ1n) is 5.89. The van der Waals surface area contributed by atoms with Crippen molar-refractivity contribution in [3.8, 4) is 5.75 Å². The Morgan fingerprint density at radius 2 is 2.06 bits per heavy atom. The molecule has 0 bridgehead atoms. The van der Waals surface area contributed by atoms with Gasteiger partial charge in [-0.05, 0) is 57.0 Å². The second kappa shape index (κ2) is 5.30. The molecule has 3 heteroatoms. The average Bonchev–Trinajstić information content (AvgIpc) is 3.05. The van der Waals surface area contributed by atoms with Crippen LogP contribution in [0.3, 0.4) is 0 Å². The summed E-state index contributed by atoms with van der Waals surface area (Å²) in [5.41, 5.74) is 0. The number of hydrogen-bond acceptors (Lipinski definition) is 2. The van der Waals surface area contributed by atoms with Gasteiger partial charge in [0, 0.05) is 6.04 Å². The summed E-state index contributed by atoms with van der Waals surface area (Å²) in [6, 6.07) is 6.92. The van der Waals surface area contributed by atoms with Gasteiger partial charge >= 0.3 is 0 Å². The average molecular weight is 223 g/mol. The van der Waals surface area contributed by atoms with Crippen molar-refractivity contribution < 1.29 is 9.13 Å². The first-order chi connectivity index (χ1) is 7.74. The second-order valence-electron chi connectivity index (χ2n) is 4.40. The smallest absolute Gasteiger partial charge is 0.123 e. The molecule has 1 aliphatic rings. The Bertz CT molecular complexity index is 321. The van der Waals surface area contributed by atoms with Gasteiger partial charge in [-0.3, -0.25) is 0 Å². The van der Waals surface area contributed by atoms with Gasteiger partial charge in [-0.25, -0.2) is 4.39 Å². The largest absolute Gasteiger partial charge is 0.491 e. The van der Waals surface area contributed by atoms with E-state index in [-0.39, 0.29) is 11.9 Å². The van der Waals surface area contributed by atoms with Crippen LogP contribution in [0, 0.1) is 5.82 Å². The van der Waals surface area contributed by atoms with Crippen molar-refractivity contribution in [3.63, 3.8) is 0 Å². The van der Waals surface area contributed by atoms with Gasteiger partial charge in [-0.2, -0.15) is 0 Å². The van der Waals surface area contributed by atoms with Crippen LogP contribution in [0.1, 0.15) is 26.2 Å². The van der Waals surface area contributed by atoms with E-state index in [1.54, 1.807) is 12.1 Å². The summed E-state index contributed by atoms with van der Waals surface area (Å²) in [5, 5.41) is 3.44. The Kier molecular flexibility index (Phi) is 3.78. The highest BCUT2D eigenvalue weighted by atomic mass is 19.1. The van der Waals surface area contributed by atoms with Crippen LogP contribution in [0.25, 0.3) is 0 Å². The predicted molar refractivity (Wildman–Crippen MR) is 62.1 cm³/mol. The van der Waals surface area contributed by atoms with Gasteiger partial charge in [0.15, 0.2) is 0 Å². The number of rotatable bonds is 6. The van der Waals surface area contributed by atoms with Gasteiger partial charge in [-0.1, -0.05) is 0 Å². The highest BCUT2D eigenvalue weighted by Gasteiger charge is 2.20. The van der Waals surface area contributed by atoms with Crippen molar-refractivity contribution in [1.29, 1.82) is 0 Å². The van der Waals surface area contributed by atoms with Crippen LogP contribution in [-0.2, 0) is 0 Å². The molecule has 0 radical (unpaired) electrons. The van der Waals surface area contributed by atoms with E-state index < -0.39 is 0 Å². The van der Waals surface area contributed by atoms with E-state index in [0.29, 0.717) is 0 Å². The van der Waals surface area contributed by atoms with E-state index in [9.17, 15) is 4.39 Å². The number of halogens is 1. The Morgan fingerprint density at radius 1 is 1.38 bits per heavy atom. The molecule has 88 valence electrons. The molecule has 0 aromatic heterocycles. The minimum absolute atomic E-state index is 0.164. The topological polar surface area (TPSA) is 21.3 Å². The second-order valence-corrected chi connectivity index (χ2v) is 4.40. The summed E-state index contributed by atoms with van der Waals surface area (Å²) in [4.78, 5) is 0. The molecule has 2 rings (SSSR count). The normalized spacial score (nSPS) is 17.1. The fourth-order valence-electron chi connectivity index (χ4n) is 1.58. The summed E-state index contributed by atoms with van der Waals surface area (Å²) in [7, 11) is 0. The Labute approximate surface area is 95.8 Å². The highest BCUT2D eigenvalue weighted by Crippen LogP contribution is 2.19. The van der Waals surface area contributed by atoms with Crippen LogP contribution >= 0.6 is 0 Å². The minimum atomic E-state index is -0.226. The molecule has 0 heterocycles. The van der Waals surface area contributed by atoms with Gasteiger partial charge in [-0.15, -0.1) is 0 Å². The maximum absolute atomic E-state index is 12.7. The number of hydrogen-bond donors (Lipinski definition) is 1. The zero-order valence-corrected chi connectivity index (χ0v) is 9.58. The third-order valence-corrected chi connectivity index (χ3v) is 2.71. The molecule has 0 aliphatic heterocycles. The number of nitrogens with one attached hydrogen (secondary N) is 1.